The van der Waals surface area contributed by atoms with Crippen molar-refractivity contribution in [1.82, 2.24) is 15.5 Å². The third-order valence-electron chi connectivity index (χ3n) is 3.79. The van der Waals surface area contributed by atoms with Crippen LogP contribution in [0, 0.1) is 6.92 Å². The number of hydrogen-bond acceptors (Lipinski definition) is 4. The molecule has 0 bridgehead atoms. The summed E-state index contributed by atoms with van der Waals surface area (Å²) in [5, 5.41) is 10.8. The molecule has 4 rings (SSSR count). The van der Waals surface area contributed by atoms with Gasteiger partial charge in [-0.2, -0.15) is 0 Å². The van der Waals surface area contributed by atoms with Gasteiger partial charge >= 0.3 is 0 Å². The molecular formula is C17H13N3O2. The molecule has 0 atom stereocenters. The molecule has 108 valence electrons. The molecule has 3 aromatic rings. The average Bonchev–Trinajstić information content (AvgIpc) is 3.14. The van der Waals surface area contributed by atoms with Crippen molar-refractivity contribution in [1.29, 1.82) is 0 Å². The van der Waals surface area contributed by atoms with Gasteiger partial charge in [0, 0.05) is 24.6 Å². The smallest absolute Gasteiger partial charge is 0.251 e. The molecule has 2 aromatic carbocycles. The largest absolute Gasteiger partial charge is 0.421 e. The normalized spacial score (nSPS) is 13.0. The fourth-order valence-electron chi connectivity index (χ4n) is 2.71. The zero-order chi connectivity index (χ0) is 15.1. The summed E-state index contributed by atoms with van der Waals surface area (Å²) in [7, 11) is 0. The lowest BCUT2D eigenvalue weighted by molar-refractivity contribution is 0.0966. The summed E-state index contributed by atoms with van der Waals surface area (Å²) in [4.78, 5) is 11.9. The first-order chi connectivity index (χ1) is 10.7. The molecule has 0 saturated heterocycles. The second kappa shape index (κ2) is 4.80. The third-order valence-corrected chi connectivity index (χ3v) is 3.79. The number of carbonyl (C=O) groups is 1. The summed E-state index contributed by atoms with van der Waals surface area (Å²) in [5.74, 6) is 0.985. The molecule has 1 aromatic heterocycles. The lowest BCUT2D eigenvalue weighted by Crippen LogP contribution is -2.12. The van der Waals surface area contributed by atoms with Crippen LogP contribution in [0.4, 0.5) is 0 Å². The molecule has 2 heterocycles. The Labute approximate surface area is 127 Å². The van der Waals surface area contributed by atoms with Crippen LogP contribution in [0.15, 0.2) is 46.9 Å². The van der Waals surface area contributed by atoms with E-state index >= 15 is 0 Å². The first-order valence-electron chi connectivity index (χ1n) is 7.03. The lowest BCUT2D eigenvalue weighted by Gasteiger charge is -2.08. The molecule has 0 radical (unpaired) electrons. The van der Waals surface area contributed by atoms with Crippen LogP contribution in [-0.4, -0.2) is 16.1 Å². The summed E-state index contributed by atoms with van der Waals surface area (Å²) in [6.07, 6.45) is 0. The van der Waals surface area contributed by atoms with E-state index in [1.54, 1.807) is 6.92 Å². The van der Waals surface area contributed by atoms with Crippen LogP contribution in [0.3, 0.4) is 0 Å². The van der Waals surface area contributed by atoms with Gasteiger partial charge in [0.2, 0.25) is 11.8 Å². The Morgan fingerprint density at radius 1 is 1.05 bits per heavy atom. The Morgan fingerprint density at radius 3 is 2.64 bits per heavy atom. The predicted octanol–water partition coefficient (Wildman–Crippen LogP) is 2.96. The Hall–Kier alpha value is -2.95. The molecule has 0 saturated carbocycles. The van der Waals surface area contributed by atoms with Crippen LogP contribution >= 0.6 is 0 Å². The standard InChI is InChI=1S/C17H13N3O2/c1-10-19-20-17(22-10)14-5-3-2-4-13(14)11-6-7-12-9-18-16(21)15(12)8-11/h2-8H,9H2,1H3,(H,18,21). The van der Waals surface area contributed by atoms with Crippen molar-refractivity contribution in [3.63, 3.8) is 0 Å². The average molecular weight is 291 g/mol. The minimum Gasteiger partial charge on any atom is -0.421 e. The number of rotatable bonds is 2. The molecule has 0 fully saturated rings. The number of nitrogens with zero attached hydrogens (tertiary/aromatic N) is 2. The number of carbonyl (C=O) groups excluding carboxylic acids is 1. The molecule has 0 spiro atoms. The van der Waals surface area contributed by atoms with Gasteiger partial charge in [0.25, 0.3) is 5.91 Å². The first kappa shape index (κ1) is 12.8. The van der Waals surface area contributed by atoms with Gasteiger partial charge < -0.3 is 9.73 Å². The number of hydrogen-bond donors (Lipinski definition) is 1. The van der Waals surface area contributed by atoms with Crippen LogP contribution in [-0.2, 0) is 6.54 Å². The highest BCUT2D eigenvalue weighted by atomic mass is 16.4. The van der Waals surface area contributed by atoms with Gasteiger partial charge in [0.15, 0.2) is 0 Å². The first-order valence-corrected chi connectivity index (χ1v) is 7.03. The second-order valence-electron chi connectivity index (χ2n) is 5.23. The second-order valence-corrected chi connectivity index (χ2v) is 5.23. The fourth-order valence-corrected chi connectivity index (χ4v) is 2.71. The van der Waals surface area contributed by atoms with Crippen molar-refractivity contribution in [2.24, 2.45) is 0 Å². The SMILES string of the molecule is Cc1nnc(-c2ccccc2-c2ccc3c(c2)C(=O)NC3)o1. The highest BCUT2D eigenvalue weighted by Gasteiger charge is 2.20. The van der Waals surface area contributed by atoms with Crippen molar-refractivity contribution in [3.8, 4) is 22.6 Å². The minimum atomic E-state index is -0.0250. The quantitative estimate of drug-likeness (QED) is 0.788. The molecule has 0 unspecified atom stereocenters. The van der Waals surface area contributed by atoms with E-state index in [-0.39, 0.29) is 5.91 Å². The van der Waals surface area contributed by atoms with Crippen LogP contribution in [0.1, 0.15) is 21.8 Å². The van der Waals surface area contributed by atoms with Crippen LogP contribution < -0.4 is 5.32 Å². The summed E-state index contributed by atoms with van der Waals surface area (Å²) in [5.41, 5.74) is 4.55. The van der Waals surface area contributed by atoms with Crippen molar-refractivity contribution in [3.05, 3.63) is 59.5 Å². The van der Waals surface area contributed by atoms with Crippen LogP contribution in [0.2, 0.25) is 0 Å². The van der Waals surface area contributed by atoms with Gasteiger partial charge in [0.05, 0.1) is 0 Å². The van der Waals surface area contributed by atoms with Gasteiger partial charge in [-0.05, 0) is 28.8 Å². The van der Waals surface area contributed by atoms with E-state index in [0.717, 1.165) is 27.8 Å². The molecule has 1 aliphatic heterocycles. The Balaban J connectivity index is 1.87. The maximum absolute atomic E-state index is 11.9. The van der Waals surface area contributed by atoms with Gasteiger partial charge in [-0.25, -0.2) is 0 Å². The van der Waals surface area contributed by atoms with Crippen molar-refractivity contribution in [2.45, 2.75) is 13.5 Å². The summed E-state index contributed by atoms with van der Waals surface area (Å²) in [6, 6.07) is 13.7. The van der Waals surface area contributed by atoms with E-state index in [4.69, 9.17) is 4.42 Å². The minimum absolute atomic E-state index is 0.0250. The van der Waals surface area contributed by atoms with Crippen molar-refractivity contribution in [2.75, 3.05) is 0 Å². The topological polar surface area (TPSA) is 68.0 Å². The third kappa shape index (κ3) is 1.98. The van der Waals surface area contributed by atoms with E-state index in [1.165, 1.54) is 0 Å². The van der Waals surface area contributed by atoms with E-state index in [2.05, 4.69) is 15.5 Å². The zero-order valence-corrected chi connectivity index (χ0v) is 12.0. The zero-order valence-electron chi connectivity index (χ0n) is 12.0. The monoisotopic (exact) mass is 291 g/mol. The van der Waals surface area contributed by atoms with Crippen molar-refractivity contribution >= 4 is 5.91 Å². The maximum atomic E-state index is 11.9. The molecule has 5 nitrogen and oxygen atoms in total. The van der Waals surface area contributed by atoms with Crippen molar-refractivity contribution < 1.29 is 9.21 Å². The molecule has 0 aliphatic carbocycles. The van der Waals surface area contributed by atoms with Gasteiger partial charge in [-0.15, -0.1) is 10.2 Å². The molecule has 1 amide bonds. The highest BCUT2D eigenvalue weighted by molar-refractivity contribution is 5.99. The highest BCUT2D eigenvalue weighted by Crippen LogP contribution is 2.33. The molecule has 1 N–H and O–H groups in total. The summed E-state index contributed by atoms with van der Waals surface area (Å²) in [6.45, 7) is 2.36. The van der Waals surface area contributed by atoms with E-state index < -0.39 is 0 Å². The molecule has 5 heteroatoms. The molecule has 1 aliphatic rings. The summed E-state index contributed by atoms with van der Waals surface area (Å²) >= 11 is 0. The number of amides is 1. The number of aromatic nitrogens is 2. The van der Waals surface area contributed by atoms with Crippen LogP contribution in [0.5, 0.6) is 0 Å². The maximum Gasteiger partial charge on any atom is 0.251 e. The Kier molecular flexibility index (Phi) is 2.79. The number of nitrogens with one attached hydrogen (secondary N) is 1. The van der Waals surface area contributed by atoms with Crippen LogP contribution in [0.25, 0.3) is 22.6 Å². The van der Waals surface area contributed by atoms with Gasteiger partial charge in [-0.1, -0.05) is 30.3 Å². The number of benzene rings is 2. The van der Waals surface area contributed by atoms with Gasteiger partial charge in [0.1, 0.15) is 0 Å². The van der Waals surface area contributed by atoms with E-state index in [9.17, 15) is 4.79 Å². The Bertz CT molecular complexity index is 883. The van der Waals surface area contributed by atoms with E-state index in [0.29, 0.717) is 18.3 Å². The Morgan fingerprint density at radius 2 is 1.86 bits per heavy atom. The molecular weight excluding hydrogens is 278 g/mol. The summed E-state index contributed by atoms with van der Waals surface area (Å²) < 4.78 is 5.54. The number of fused-ring (bicyclic) bond motifs is 1. The fraction of sp³-hybridized carbons (Fsp3) is 0.118. The molecule has 22 heavy (non-hydrogen) atoms. The van der Waals surface area contributed by atoms with Gasteiger partial charge in [-0.3, -0.25) is 4.79 Å². The predicted molar refractivity (Wildman–Crippen MR) is 81.1 cm³/mol. The van der Waals surface area contributed by atoms with E-state index in [1.807, 2.05) is 42.5 Å². The number of aryl methyl sites for hydroxylation is 1. The lowest BCUT2D eigenvalue weighted by atomic mass is 9.96.